The fraction of sp³-hybridized carbons (Fsp3) is 0.353. The molecule has 5 nitrogen and oxygen atoms in total. The van der Waals surface area contributed by atoms with Crippen LogP contribution in [-0.4, -0.2) is 23.2 Å². The van der Waals surface area contributed by atoms with Crippen LogP contribution in [0.4, 0.5) is 19.0 Å². The Labute approximate surface area is 142 Å². The van der Waals surface area contributed by atoms with E-state index in [0.29, 0.717) is 35.6 Å². The molecule has 0 bridgehead atoms. The number of alkyl halides is 3. The Kier molecular flexibility index (Phi) is 4.14. The van der Waals surface area contributed by atoms with Crippen LogP contribution in [0.5, 0.6) is 5.88 Å². The van der Waals surface area contributed by atoms with Gasteiger partial charge in [0.25, 0.3) is 0 Å². The van der Waals surface area contributed by atoms with Crippen molar-refractivity contribution in [1.82, 2.24) is 9.97 Å². The number of anilines is 1. The van der Waals surface area contributed by atoms with Crippen LogP contribution in [0.25, 0.3) is 0 Å². The van der Waals surface area contributed by atoms with Crippen molar-refractivity contribution in [3.8, 4) is 5.88 Å². The fourth-order valence-corrected chi connectivity index (χ4v) is 2.67. The van der Waals surface area contributed by atoms with Crippen molar-refractivity contribution in [2.24, 2.45) is 0 Å². The monoisotopic (exact) mass is 350 g/mol. The Balaban J connectivity index is 1.93. The highest BCUT2D eigenvalue weighted by molar-refractivity contribution is 5.87. The molecule has 25 heavy (non-hydrogen) atoms. The maximum atomic E-state index is 12.7. The molecule has 0 unspecified atom stereocenters. The molecule has 8 heteroatoms. The van der Waals surface area contributed by atoms with Crippen LogP contribution >= 0.6 is 0 Å². The van der Waals surface area contributed by atoms with Crippen molar-refractivity contribution in [3.05, 3.63) is 46.8 Å². The number of aromatic nitrogens is 2. The smallest absolute Gasteiger partial charge is 0.416 e. The Morgan fingerprint density at radius 1 is 1.20 bits per heavy atom. The number of benzene rings is 1. The van der Waals surface area contributed by atoms with Crippen molar-refractivity contribution in [2.45, 2.75) is 31.5 Å². The molecular formula is C17H17F3N4O. The van der Waals surface area contributed by atoms with Gasteiger partial charge in [-0.15, -0.1) is 0 Å². The number of hydrogen-bond donors (Lipinski definition) is 2. The van der Waals surface area contributed by atoms with E-state index in [9.17, 15) is 13.2 Å². The molecule has 0 spiro atoms. The molecule has 1 aromatic heterocycles. The van der Waals surface area contributed by atoms with Crippen LogP contribution < -0.4 is 10.1 Å². The highest BCUT2D eigenvalue weighted by Crippen LogP contribution is 2.50. The van der Waals surface area contributed by atoms with Gasteiger partial charge in [0.05, 0.1) is 11.1 Å². The number of nitrogens with one attached hydrogen (secondary N) is 2. The second-order valence-corrected chi connectivity index (χ2v) is 5.90. The van der Waals surface area contributed by atoms with Crippen LogP contribution in [-0.2, 0) is 11.8 Å². The summed E-state index contributed by atoms with van der Waals surface area (Å²) in [5, 5.41) is 10.5. The first-order chi connectivity index (χ1) is 11.8. The zero-order valence-corrected chi connectivity index (χ0v) is 13.7. The Morgan fingerprint density at radius 2 is 1.84 bits per heavy atom. The summed E-state index contributed by atoms with van der Waals surface area (Å²) in [6.45, 7) is 1.71. The number of halogens is 3. The summed E-state index contributed by atoms with van der Waals surface area (Å²) in [7, 11) is 1.68. The molecule has 0 saturated heterocycles. The molecule has 0 aliphatic heterocycles. The van der Waals surface area contributed by atoms with Crippen LogP contribution in [0, 0.1) is 12.3 Å². The van der Waals surface area contributed by atoms with E-state index in [1.807, 2.05) is 0 Å². The molecule has 1 aromatic carbocycles. The van der Waals surface area contributed by atoms with Gasteiger partial charge in [-0.3, -0.25) is 0 Å². The fourth-order valence-electron chi connectivity index (χ4n) is 2.67. The Morgan fingerprint density at radius 3 is 2.32 bits per heavy atom. The number of hydrogen-bond acceptors (Lipinski definition) is 5. The van der Waals surface area contributed by atoms with E-state index in [1.54, 1.807) is 14.0 Å². The summed E-state index contributed by atoms with van der Waals surface area (Å²) in [6.07, 6.45) is -1.92. The summed E-state index contributed by atoms with van der Waals surface area (Å²) in [6, 6.07) is 4.99. The molecule has 1 fully saturated rings. The predicted molar refractivity (Wildman–Crippen MR) is 87.2 cm³/mol. The minimum atomic E-state index is -4.37. The van der Waals surface area contributed by atoms with E-state index >= 15 is 0 Å². The maximum Gasteiger partial charge on any atom is 0.416 e. The average Bonchev–Trinajstić information content (AvgIpc) is 3.34. The first-order valence-corrected chi connectivity index (χ1v) is 7.73. The molecule has 2 aromatic rings. The summed E-state index contributed by atoms with van der Waals surface area (Å²) in [5.74, 6) is 1.21. The Bertz CT molecular complexity index is 799. The van der Waals surface area contributed by atoms with E-state index < -0.39 is 17.3 Å². The van der Waals surface area contributed by atoms with E-state index in [-0.39, 0.29) is 5.88 Å². The topological polar surface area (TPSA) is 70.9 Å². The van der Waals surface area contributed by atoms with Crippen LogP contribution in [0.3, 0.4) is 0 Å². The molecule has 1 aliphatic carbocycles. The molecular weight excluding hydrogens is 333 g/mol. The highest BCUT2D eigenvalue weighted by atomic mass is 19.4. The van der Waals surface area contributed by atoms with Gasteiger partial charge in [-0.05, 0) is 37.5 Å². The van der Waals surface area contributed by atoms with Crippen LogP contribution in [0.15, 0.2) is 24.3 Å². The molecule has 1 heterocycles. The van der Waals surface area contributed by atoms with Crippen molar-refractivity contribution in [2.75, 3.05) is 12.4 Å². The quantitative estimate of drug-likeness (QED) is 0.802. The zero-order valence-electron chi connectivity index (χ0n) is 13.7. The minimum Gasteiger partial charge on any atom is -0.466 e. The third-order valence-electron chi connectivity index (χ3n) is 4.14. The number of ether oxygens (including phenoxy) is 1. The molecule has 0 amide bonds. The molecule has 0 atom stereocenters. The SMILES string of the molecule is CNc1nc(C)nc(OC2(c3ccc(C(F)(F)F)cc3)CC2)c1C=N. The lowest BCUT2D eigenvalue weighted by molar-refractivity contribution is -0.137. The average molecular weight is 350 g/mol. The van der Waals surface area contributed by atoms with Gasteiger partial charge in [-0.2, -0.15) is 18.2 Å². The molecule has 1 aliphatic rings. The summed E-state index contributed by atoms with van der Waals surface area (Å²) >= 11 is 0. The molecule has 0 radical (unpaired) electrons. The predicted octanol–water partition coefficient (Wildman–Crippen LogP) is 3.91. The molecule has 2 N–H and O–H groups in total. The summed E-state index contributed by atoms with van der Waals surface area (Å²) in [5.41, 5.74) is -0.319. The van der Waals surface area contributed by atoms with Crippen molar-refractivity contribution in [3.63, 3.8) is 0 Å². The minimum absolute atomic E-state index is 0.254. The highest BCUT2D eigenvalue weighted by Gasteiger charge is 2.48. The van der Waals surface area contributed by atoms with Crippen LogP contribution in [0.1, 0.15) is 35.4 Å². The van der Waals surface area contributed by atoms with Gasteiger partial charge in [0.2, 0.25) is 5.88 Å². The lowest BCUT2D eigenvalue weighted by Crippen LogP contribution is -2.19. The second-order valence-electron chi connectivity index (χ2n) is 5.90. The first-order valence-electron chi connectivity index (χ1n) is 7.73. The number of rotatable bonds is 5. The van der Waals surface area contributed by atoms with Gasteiger partial charge in [0.1, 0.15) is 17.2 Å². The van der Waals surface area contributed by atoms with Crippen molar-refractivity contribution >= 4 is 12.0 Å². The summed E-state index contributed by atoms with van der Waals surface area (Å²) < 4.78 is 44.2. The normalized spacial score (nSPS) is 15.6. The standard InChI is InChI=1S/C17H17F3N4O/c1-10-23-14(22-2)13(9-21)15(24-10)25-16(7-8-16)11-3-5-12(6-4-11)17(18,19)20/h3-6,9,21H,7-8H2,1-2H3,(H,22,23,24). The lowest BCUT2D eigenvalue weighted by Gasteiger charge is -2.20. The second kappa shape index (κ2) is 6.02. The van der Waals surface area contributed by atoms with Crippen molar-refractivity contribution < 1.29 is 17.9 Å². The maximum absolute atomic E-state index is 12.7. The van der Waals surface area contributed by atoms with E-state index in [0.717, 1.165) is 18.3 Å². The van der Waals surface area contributed by atoms with Gasteiger partial charge in [0, 0.05) is 13.3 Å². The zero-order chi connectivity index (χ0) is 18.2. The van der Waals surface area contributed by atoms with Gasteiger partial charge in [-0.25, -0.2) is 4.98 Å². The molecule has 3 rings (SSSR count). The lowest BCUT2D eigenvalue weighted by atomic mass is 10.0. The third-order valence-corrected chi connectivity index (χ3v) is 4.14. The number of nitrogens with zero attached hydrogens (tertiary/aromatic N) is 2. The largest absolute Gasteiger partial charge is 0.466 e. The van der Waals surface area contributed by atoms with Crippen molar-refractivity contribution in [1.29, 1.82) is 5.41 Å². The van der Waals surface area contributed by atoms with E-state index in [2.05, 4.69) is 15.3 Å². The van der Waals surface area contributed by atoms with Crippen LogP contribution in [0.2, 0.25) is 0 Å². The van der Waals surface area contributed by atoms with Gasteiger partial charge >= 0.3 is 6.18 Å². The number of aryl methyl sites for hydroxylation is 1. The first kappa shape index (κ1) is 17.2. The third kappa shape index (κ3) is 3.29. The molecule has 132 valence electrons. The van der Waals surface area contributed by atoms with Gasteiger partial charge in [0.15, 0.2) is 0 Å². The van der Waals surface area contributed by atoms with Gasteiger partial charge < -0.3 is 15.5 Å². The van der Waals surface area contributed by atoms with E-state index in [4.69, 9.17) is 10.1 Å². The van der Waals surface area contributed by atoms with Gasteiger partial charge in [-0.1, -0.05) is 12.1 Å². The summed E-state index contributed by atoms with van der Waals surface area (Å²) in [4.78, 5) is 8.46. The Hall–Kier alpha value is -2.64. The molecule has 1 saturated carbocycles. The van der Waals surface area contributed by atoms with E-state index in [1.165, 1.54) is 12.1 Å².